The lowest BCUT2D eigenvalue weighted by atomic mass is 10.1. The molecular weight excluding hydrogens is 328 g/mol. The van der Waals surface area contributed by atoms with E-state index in [1.807, 2.05) is 32.9 Å². The van der Waals surface area contributed by atoms with Crippen molar-refractivity contribution in [2.45, 2.75) is 26.7 Å². The van der Waals surface area contributed by atoms with E-state index in [-0.39, 0.29) is 11.5 Å². The van der Waals surface area contributed by atoms with Crippen LogP contribution in [0.15, 0.2) is 27.5 Å². The first-order valence-corrected chi connectivity index (χ1v) is 7.13. The lowest BCUT2D eigenvalue weighted by Crippen LogP contribution is -2.14. The summed E-state index contributed by atoms with van der Waals surface area (Å²) < 4.78 is 0.498. The average molecular weight is 342 g/mol. The fourth-order valence-corrected chi connectivity index (χ4v) is 2.75. The standard InChI is InChI=1S/C14H14BrClN2O/c1-7(2)12-11(15)14(19)18-13(17-12)10-5-4-9(16)6-8(10)3/h4-7H,1-3H3,(H,17,18,19). The molecule has 0 amide bonds. The van der Waals surface area contributed by atoms with Gasteiger partial charge in [-0.2, -0.15) is 0 Å². The van der Waals surface area contributed by atoms with Crippen LogP contribution in [-0.4, -0.2) is 9.97 Å². The molecule has 0 aliphatic heterocycles. The first kappa shape index (κ1) is 14.3. The molecule has 0 saturated heterocycles. The van der Waals surface area contributed by atoms with Gasteiger partial charge in [0.2, 0.25) is 0 Å². The van der Waals surface area contributed by atoms with E-state index in [0.717, 1.165) is 16.8 Å². The minimum Gasteiger partial charge on any atom is -0.306 e. The number of aromatic amines is 1. The van der Waals surface area contributed by atoms with Crippen LogP contribution < -0.4 is 5.56 Å². The highest BCUT2D eigenvalue weighted by molar-refractivity contribution is 9.10. The molecule has 1 N–H and O–H groups in total. The third-order valence-electron chi connectivity index (χ3n) is 2.88. The molecule has 0 aliphatic carbocycles. The van der Waals surface area contributed by atoms with Crippen LogP contribution in [0.25, 0.3) is 11.4 Å². The Bertz CT molecular complexity index is 680. The zero-order valence-electron chi connectivity index (χ0n) is 10.9. The molecule has 0 fully saturated rings. The molecule has 0 radical (unpaired) electrons. The number of aryl methyl sites for hydroxylation is 1. The Labute approximate surface area is 125 Å². The Hall–Kier alpha value is -1.13. The van der Waals surface area contributed by atoms with E-state index in [0.29, 0.717) is 15.3 Å². The molecule has 0 aliphatic rings. The van der Waals surface area contributed by atoms with Gasteiger partial charge >= 0.3 is 0 Å². The van der Waals surface area contributed by atoms with Crippen molar-refractivity contribution in [3.8, 4) is 11.4 Å². The van der Waals surface area contributed by atoms with Gasteiger partial charge in [0.1, 0.15) is 10.3 Å². The molecule has 0 saturated carbocycles. The summed E-state index contributed by atoms with van der Waals surface area (Å²) in [5.41, 5.74) is 2.46. The first-order chi connectivity index (χ1) is 8.90. The monoisotopic (exact) mass is 340 g/mol. The van der Waals surface area contributed by atoms with Crippen LogP contribution in [-0.2, 0) is 0 Å². The quantitative estimate of drug-likeness (QED) is 0.886. The highest BCUT2D eigenvalue weighted by Gasteiger charge is 2.14. The number of aromatic nitrogens is 2. The van der Waals surface area contributed by atoms with Crippen LogP contribution >= 0.6 is 27.5 Å². The molecule has 1 aromatic heterocycles. The summed E-state index contributed by atoms with van der Waals surface area (Å²) in [4.78, 5) is 19.3. The number of nitrogens with zero attached hydrogens (tertiary/aromatic N) is 1. The zero-order valence-corrected chi connectivity index (χ0v) is 13.3. The van der Waals surface area contributed by atoms with E-state index in [1.165, 1.54) is 0 Å². The second-order valence-electron chi connectivity index (χ2n) is 4.73. The molecular formula is C14H14BrClN2O. The molecule has 5 heteroatoms. The maximum atomic E-state index is 11.9. The number of halogens is 2. The fraction of sp³-hybridized carbons (Fsp3) is 0.286. The van der Waals surface area contributed by atoms with Crippen molar-refractivity contribution in [2.75, 3.05) is 0 Å². The van der Waals surface area contributed by atoms with E-state index in [4.69, 9.17) is 11.6 Å². The summed E-state index contributed by atoms with van der Waals surface area (Å²) >= 11 is 9.23. The van der Waals surface area contributed by atoms with Gasteiger partial charge in [0.05, 0.1) is 5.69 Å². The second kappa shape index (κ2) is 5.47. The van der Waals surface area contributed by atoms with Crippen LogP contribution in [0.5, 0.6) is 0 Å². The molecule has 0 unspecified atom stereocenters. The molecule has 0 spiro atoms. The van der Waals surface area contributed by atoms with Gasteiger partial charge in [-0.25, -0.2) is 4.98 Å². The van der Waals surface area contributed by atoms with E-state index in [2.05, 4.69) is 25.9 Å². The Morgan fingerprint density at radius 3 is 2.63 bits per heavy atom. The molecule has 2 aromatic rings. The Morgan fingerprint density at radius 1 is 1.37 bits per heavy atom. The second-order valence-corrected chi connectivity index (χ2v) is 5.96. The Morgan fingerprint density at radius 2 is 2.05 bits per heavy atom. The van der Waals surface area contributed by atoms with Gasteiger partial charge in [-0.15, -0.1) is 0 Å². The van der Waals surface area contributed by atoms with E-state index < -0.39 is 0 Å². The molecule has 0 bridgehead atoms. The van der Waals surface area contributed by atoms with Gasteiger partial charge in [-0.1, -0.05) is 25.4 Å². The summed E-state index contributed by atoms with van der Waals surface area (Å²) in [6, 6.07) is 5.52. The fourth-order valence-electron chi connectivity index (χ4n) is 1.88. The molecule has 19 heavy (non-hydrogen) atoms. The number of hydrogen-bond acceptors (Lipinski definition) is 2. The minimum atomic E-state index is -0.164. The lowest BCUT2D eigenvalue weighted by molar-refractivity contribution is 0.803. The van der Waals surface area contributed by atoms with Crippen molar-refractivity contribution in [1.29, 1.82) is 0 Å². The molecule has 100 valence electrons. The summed E-state index contributed by atoms with van der Waals surface area (Å²) in [5, 5.41) is 0.671. The average Bonchev–Trinajstić information content (AvgIpc) is 2.32. The van der Waals surface area contributed by atoms with Crippen LogP contribution in [0.3, 0.4) is 0 Å². The van der Waals surface area contributed by atoms with Gasteiger partial charge in [0.25, 0.3) is 5.56 Å². The van der Waals surface area contributed by atoms with Gasteiger partial charge in [0, 0.05) is 10.6 Å². The molecule has 0 atom stereocenters. The largest absolute Gasteiger partial charge is 0.306 e. The van der Waals surface area contributed by atoms with Crippen LogP contribution in [0.4, 0.5) is 0 Å². The van der Waals surface area contributed by atoms with Crippen molar-refractivity contribution in [3.05, 3.63) is 49.3 Å². The highest BCUT2D eigenvalue weighted by atomic mass is 79.9. The molecule has 1 aromatic carbocycles. The number of H-pyrrole nitrogens is 1. The normalized spacial score (nSPS) is 11.1. The maximum absolute atomic E-state index is 11.9. The molecule has 1 heterocycles. The van der Waals surface area contributed by atoms with E-state index in [1.54, 1.807) is 6.07 Å². The summed E-state index contributed by atoms with van der Waals surface area (Å²) in [5.74, 6) is 0.745. The smallest absolute Gasteiger partial charge is 0.265 e. The minimum absolute atomic E-state index is 0.164. The van der Waals surface area contributed by atoms with Crippen molar-refractivity contribution >= 4 is 27.5 Å². The maximum Gasteiger partial charge on any atom is 0.265 e. The van der Waals surface area contributed by atoms with Gasteiger partial charge in [-0.3, -0.25) is 4.79 Å². The number of rotatable bonds is 2. The van der Waals surface area contributed by atoms with Gasteiger partial charge in [0.15, 0.2) is 0 Å². The number of nitrogens with one attached hydrogen (secondary N) is 1. The van der Waals surface area contributed by atoms with Crippen LogP contribution in [0, 0.1) is 6.92 Å². The van der Waals surface area contributed by atoms with Crippen LogP contribution in [0.2, 0.25) is 5.02 Å². The van der Waals surface area contributed by atoms with Gasteiger partial charge in [-0.05, 0) is 52.5 Å². The van der Waals surface area contributed by atoms with Crippen molar-refractivity contribution in [1.82, 2.24) is 9.97 Å². The predicted octanol–water partition coefficient (Wildman–Crippen LogP) is 4.28. The highest BCUT2D eigenvalue weighted by Crippen LogP contribution is 2.26. The predicted molar refractivity (Wildman–Crippen MR) is 81.8 cm³/mol. The third-order valence-corrected chi connectivity index (χ3v) is 3.88. The summed E-state index contributed by atoms with van der Waals surface area (Å²) in [6.07, 6.45) is 0. The lowest BCUT2D eigenvalue weighted by Gasteiger charge is -2.11. The Balaban J connectivity index is 2.66. The molecule has 3 nitrogen and oxygen atoms in total. The van der Waals surface area contributed by atoms with E-state index in [9.17, 15) is 4.79 Å². The number of benzene rings is 1. The third kappa shape index (κ3) is 2.90. The van der Waals surface area contributed by atoms with Crippen molar-refractivity contribution < 1.29 is 0 Å². The van der Waals surface area contributed by atoms with Crippen LogP contribution in [0.1, 0.15) is 31.0 Å². The van der Waals surface area contributed by atoms with Crippen molar-refractivity contribution in [2.24, 2.45) is 0 Å². The first-order valence-electron chi connectivity index (χ1n) is 5.96. The SMILES string of the molecule is Cc1cc(Cl)ccc1-c1nc(C(C)C)c(Br)c(=O)[nH]1. The summed E-state index contributed by atoms with van der Waals surface area (Å²) in [7, 11) is 0. The van der Waals surface area contributed by atoms with Gasteiger partial charge < -0.3 is 4.98 Å². The number of hydrogen-bond donors (Lipinski definition) is 1. The molecule has 2 rings (SSSR count). The zero-order chi connectivity index (χ0) is 14.2. The van der Waals surface area contributed by atoms with E-state index >= 15 is 0 Å². The summed E-state index contributed by atoms with van der Waals surface area (Å²) in [6.45, 7) is 5.95. The van der Waals surface area contributed by atoms with Crippen molar-refractivity contribution in [3.63, 3.8) is 0 Å². The topological polar surface area (TPSA) is 45.8 Å². The Kier molecular flexibility index (Phi) is 4.11.